The van der Waals surface area contributed by atoms with Gasteiger partial charge in [0.25, 0.3) is 5.69 Å². The topological polar surface area (TPSA) is 82.6 Å². The van der Waals surface area contributed by atoms with Gasteiger partial charge in [-0.15, -0.1) is 0 Å². The number of hydrogen-bond acceptors (Lipinski definition) is 5. The minimum Gasteiger partial charge on any atom is -0.485 e. The minimum atomic E-state index is -0.502. The number of carbonyl (C=O) groups is 1. The van der Waals surface area contributed by atoms with E-state index in [1.165, 1.54) is 30.5 Å². The first kappa shape index (κ1) is 11.8. The van der Waals surface area contributed by atoms with Gasteiger partial charge >= 0.3 is 0 Å². The molecule has 0 saturated carbocycles. The predicted octanol–water partition coefficient (Wildman–Crippen LogP) is 2.45. The Labute approximate surface area is 102 Å². The number of non-ortho nitro benzene ring substituents is 1. The van der Waals surface area contributed by atoms with Gasteiger partial charge in [0.15, 0.2) is 12.4 Å². The van der Waals surface area contributed by atoms with E-state index in [2.05, 4.69) is 0 Å². The van der Waals surface area contributed by atoms with E-state index in [1.54, 1.807) is 12.1 Å². The van der Waals surface area contributed by atoms with Crippen LogP contribution in [0.4, 0.5) is 5.69 Å². The molecule has 18 heavy (non-hydrogen) atoms. The van der Waals surface area contributed by atoms with Crippen LogP contribution in [0, 0.1) is 10.1 Å². The maximum Gasteiger partial charge on any atom is 0.269 e. The third-order valence-corrected chi connectivity index (χ3v) is 2.21. The summed E-state index contributed by atoms with van der Waals surface area (Å²) in [5, 5.41) is 10.4. The molecule has 1 aromatic heterocycles. The van der Waals surface area contributed by atoms with E-state index in [4.69, 9.17) is 9.15 Å². The van der Waals surface area contributed by atoms with Gasteiger partial charge in [-0.3, -0.25) is 14.9 Å². The molecular weight excluding hydrogens is 238 g/mol. The van der Waals surface area contributed by atoms with Crippen molar-refractivity contribution in [3.05, 3.63) is 58.5 Å². The number of furan rings is 1. The first-order valence-corrected chi connectivity index (χ1v) is 5.11. The normalized spacial score (nSPS) is 10.0. The van der Waals surface area contributed by atoms with Crippen molar-refractivity contribution in [2.24, 2.45) is 0 Å². The zero-order valence-corrected chi connectivity index (χ0v) is 9.24. The summed E-state index contributed by atoms with van der Waals surface area (Å²) in [4.78, 5) is 21.5. The van der Waals surface area contributed by atoms with Crippen LogP contribution in [0.25, 0.3) is 0 Å². The second-order valence-electron chi connectivity index (χ2n) is 3.44. The zero-order chi connectivity index (χ0) is 13.0. The van der Waals surface area contributed by atoms with Crippen LogP contribution >= 0.6 is 0 Å². The maximum atomic E-state index is 11.5. The van der Waals surface area contributed by atoms with Gasteiger partial charge in [-0.2, -0.15) is 0 Å². The van der Waals surface area contributed by atoms with Gasteiger partial charge in [-0.25, -0.2) is 0 Å². The fourth-order valence-corrected chi connectivity index (χ4v) is 1.32. The summed E-state index contributed by atoms with van der Waals surface area (Å²) >= 11 is 0. The van der Waals surface area contributed by atoms with E-state index < -0.39 is 4.92 Å². The lowest BCUT2D eigenvalue weighted by atomic mass is 10.3. The maximum absolute atomic E-state index is 11.5. The van der Waals surface area contributed by atoms with E-state index >= 15 is 0 Å². The highest BCUT2D eigenvalue weighted by molar-refractivity contribution is 5.94. The van der Waals surface area contributed by atoms with E-state index in [9.17, 15) is 14.9 Å². The molecule has 0 spiro atoms. The monoisotopic (exact) mass is 247 g/mol. The molecule has 6 nitrogen and oxygen atoms in total. The highest BCUT2D eigenvalue weighted by atomic mass is 16.6. The number of nitrogens with zero attached hydrogens (tertiary/aromatic N) is 1. The summed E-state index contributed by atoms with van der Waals surface area (Å²) in [6, 6.07) is 8.65. The Morgan fingerprint density at radius 3 is 2.56 bits per heavy atom. The first-order valence-electron chi connectivity index (χ1n) is 5.11. The Bertz CT molecular complexity index is 544. The molecule has 0 saturated heterocycles. The molecule has 6 heteroatoms. The first-order chi connectivity index (χ1) is 8.66. The number of nitro benzene ring substituents is 1. The standard InChI is InChI=1S/C12H9NO5/c14-11(12-2-1-7-17-12)8-18-10-5-3-9(4-6-10)13(15)16/h1-7H,8H2. The molecule has 0 unspecified atom stereocenters. The van der Waals surface area contributed by atoms with Gasteiger partial charge in [0.05, 0.1) is 11.2 Å². The van der Waals surface area contributed by atoms with Crippen LogP contribution in [-0.4, -0.2) is 17.3 Å². The van der Waals surface area contributed by atoms with Crippen LogP contribution < -0.4 is 4.74 Å². The van der Waals surface area contributed by atoms with Crippen LogP contribution in [0.5, 0.6) is 5.75 Å². The predicted molar refractivity (Wildman–Crippen MR) is 61.6 cm³/mol. The zero-order valence-electron chi connectivity index (χ0n) is 9.24. The van der Waals surface area contributed by atoms with Crippen molar-refractivity contribution in [1.82, 2.24) is 0 Å². The third kappa shape index (κ3) is 2.73. The molecule has 0 radical (unpaired) electrons. The molecular formula is C12H9NO5. The van der Waals surface area contributed by atoms with Crippen molar-refractivity contribution in [3.63, 3.8) is 0 Å². The highest BCUT2D eigenvalue weighted by Crippen LogP contribution is 2.17. The fourth-order valence-electron chi connectivity index (χ4n) is 1.32. The van der Waals surface area contributed by atoms with E-state index in [0.29, 0.717) is 5.75 Å². The van der Waals surface area contributed by atoms with Gasteiger partial charge in [-0.1, -0.05) is 0 Å². The number of ether oxygens (including phenoxy) is 1. The Kier molecular flexibility index (Phi) is 3.38. The molecule has 0 atom stereocenters. The van der Waals surface area contributed by atoms with Gasteiger partial charge in [0.2, 0.25) is 5.78 Å². The minimum absolute atomic E-state index is 0.0280. The molecule has 0 bridgehead atoms. The third-order valence-electron chi connectivity index (χ3n) is 2.21. The van der Waals surface area contributed by atoms with Crippen molar-refractivity contribution < 1.29 is 18.9 Å². The molecule has 0 aliphatic heterocycles. The molecule has 1 aromatic carbocycles. The van der Waals surface area contributed by atoms with Gasteiger partial charge in [-0.05, 0) is 24.3 Å². The van der Waals surface area contributed by atoms with Crippen molar-refractivity contribution in [2.45, 2.75) is 0 Å². The molecule has 2 rings (SSSR count). The molecule has 92 valence electrons. The van der Waals surface area contributed by atoms with Crippen LogP contribution in [0.1, 0.15) is 10.6 Å². The lowest BCUT2D eigenvalue weighted by molar-refractivity contribution is -0.384. The van der Waals surface area contributed by atoms with Crippen molar-refractivity contribution in [1.29, 1.82) is 0 Å². The smallest absolute Gasteiger partial charge is 0.269 e. The molecule has 0 aliphatic rings. The number of ketones is 1. The molecule has 0 aliphatic carbocycles. The summed E-state index contributed by atoms with van der Waals surface area (Å²) in [5.41, 5.74) is -0.0280. The van der Waals surface area contributed by atoms with Crippen molar-refractivity contribution in [3.8, 4) is 5.75 Å². The molecule has 0 amide bonds. The molecule has 2 aromatic rings. The Morgan fingerprint density at radius 1 is 1.28 bits per heavy atom. The Hall–Kier alpha value is -2.63. The average Bonchev–Trinajstić information content (AvgIpc) is 2.90. The van der Waals surface area contributed by atoms with Crippen LogP contribution in [-0.2, 0) is 0 Å². The van der Waals surface area contributed by atoms with Gasteiger partial charge < -0.3 is 9.15 Å². The van der Waals surface area contributed by atoms with Gasteiger partial charge in [0, 0.05) is 12.1 Å². The van der Waals surface area contributed by atoms with Crippen LogP contribution in [0.2, 0.25) is 0 Å². The lowest BCUT2D eigenvalue weighted by Crippen LogP contribution is -2.10. The number of nitro groups is 1. The summed E-state index contributed by atoms with van der Waals surface area (Å²) in [6.07, 6.45) is 1.40. The van der Waals surface area contributed by atoms with E-state index in [-0.39, 0.29) is 23.8 Å². The molecule has 1 heterocycles. The van der Waals surface area contributed by atoms with Crippen LogP contribution in [0.3, 0.4) is 0 Å². The van der Waals surface area contributed by atoms with E-state index in [0.717, 1.165) is 0 Å². The van der Waals surface area contributed by atoms with Crippen molar-refractivity contribution in [2.75, 3.05) is 6.61 Å². The molecule has 0 N–H and O–H groups in total. The summed E-state index contributed by atoms with van der Waals surface area (Å²) in [7, 11) is 0. The SMILES string of the molecule is O=C(COc1ccc([N+](=O)[O-])cc1)c1ccco1. The summed E-state index contributed by atoms with van der Waals surface area (Å²) in [6.45, 7) is -0.175. The van der Waals surface area contributed by atoms with Gasteiger partial charge in [0.1, 0.15) is 5.75 Å². The Balaban J connectivity index is 1.94. The number of benzene rings is 1. The number of Topliss-reactive ketones (excluding diaryl/α,β-unsaturated/α-hetero) is 1. The largest absolute Gasteiger partial charge is 0.485 e. The Morgan fingerprint density at radius 2 is 2.00 bits per heavy atom. The summed E-state index contributed by atoms with van der Waals surface area (Å²) in [5.74, 6) is 0.316. The number of hydrogen-bond donors (Lipinski definition) is 0. The quantitative estimate of drug-likeness (QED) is 0.460. The fraction of sp³-hybridized carbons (Fsp3) is 0.0833. The second kappa shape index (κ2) is 5.13. The van der Waals surface area contributed by atoms with E-state index in [1.807, 2.05) is 0 Å². The number of rotatable bonds is 5. The highest BCUT2D eigenvalue weighted by Gasteiger charge is 2.10. The lowest BCUT2D eigenvalue weighted by Gasteiger charge is -2.03. The summed E-state index contributed by atoms with van der Waals surface area (Å²) < 4.78 is 10.1. The number of carbonyl (C=O) groups excluding carboxylic acids is 1. The van der Waals surface area contributed by atoms with Crippen LogP contribution in [0.15, 0.2) is 47.1 Å². The van der Waals surface area contributed by atoms with Crippen molar-refractivity contribution >= 4 is 11.5 Å². The second-order valence-corrected chi connectivity index (χ2v) is 3.44. The average molecular weight is 247 g/mol. The molecule has 0 fully saturated rings.